The van der Waals surface area contributed by atoms with E-state index in [1.807, 2.05) is 30.6 Å². The fourth-order valence-corrected chi connectivity index (χ4v) is 2.52. The second kappa shape index (κ2) is 3.89. The SMILES string of the molecule is CC(C)(C)N1C[C@@H]2[C@@H](CO)NCCN2C1=O. The average Bonchev–Trinajstić information content (AvgIpc) is 2.56. The fraction of sp³-hybridized carbons (Fsp3) is 0.909. The number of amides is 2. The lowest BCUT2D eigenvalue weighted by Crippen LogP contribution is -2.58. The van der Waals surface area contributed by atoms with Gasteiger partial charge >= 0.3 is 6.03 Å². The molecular formula is C11H21N3O2. The summed E-state index contributed by atoms with van der Waals surface area (Å²) in [5.41, 5.74) is -0.144. The van der Waals surface area contributed by atoms with Crippen molar-refractivity contribution in [2.45, 2.75) is 38.4 Å². The molecule has 0 radical (unpaired) electrons. The van der Waals surface area contributed by atoms with Crippen LogP contribution in [0.4, 0.5) is 4.79 Å². The van der Waals surface area contributed by atoms with Crippen LogP contribution in [0.2, 0.25) is 0 Å². The van der Waals surface area contributed by atoms with Gasteiger partial charge in [0.25, 0.3) is 0 Å². The highest BCUT2D eigenvalue weighted by atomic mass is 16.3. The van der Waals surface area contributed by atoms with Crippen LogP contribution in [0.15, 0.2) is 0 Å². The first-order chi connectivity index (χ1) is 7.45. The van der Waals surface area contributed by atoms with Gasteiger partial charge in [-0.05, 0) is 20.8 Å². The number of aliphatic hydroxyl groups excluding tert-OH is 1. The molecule has 0 aliphatic carbocycles. The van der Waals surface area contributed by atoms with Gasteiger partial charge in [0.2, 0.25) is 0 Å². The number of carbonyl (C=O) groups is 1. The lowest BCUT2D eigenvalue weighted by molar-refractivity contribution is 0.130. The van der Waals surface area contributed by atoms with Crippen molar-refractivity contribution in [2.24, 2.45) is 0 Å². The van der Waals surface area contributed by atoms with E-state index in [2.05, 4.69) is 5.32 Å². The van der Waals surface area contributed by atoms with Crippen LogP contribution in [0, 0.1) is 0 Å². The summed E-state index contributed by atoms with van der Waals surface area (Å²) >= 11 is 0. The highest BCUT2D eigenvalue weighted by molar-refractivity contribution is 5.78. The third kappa shape index (κ3) is 1.78. The number of urea groups is 1. The van der Waals surface area contributed by atoms with Crippen LogP contribution in [-0.4, -0.2) is 64.8 Å². The Balaban J connectivity index is 2.18. The zero-order valence-electron chi connectivity index (χ0n) is 10.2. The lowest BCUT2D eigenvalue weighted by atomic mass is 10.0. The molecule has 16 heavy (non-hydrogen) atoms. The van der Waals surface area contributed by atoms with E-state index in [1.54, 1.807) is 0 Å². The zero-order valence-corrected chi connectivity index (χ0v) is 10.2. The van der Waals surface area contributed by atoms with Crippen molar-refractivity contribution in [3.63, 3.8) is 0 Å². The van der Waals surface area contributed by atoms with Gasteiger partial charge in [0, 0.05) is 25.2 Å². The van der Waals surface area contributed by atoms with Crippen molar-refractivity contribution in [1.82, 2.24) is 15.1 Å². The molecule has 2 aliphatic heterocycles. The van der Waals surface area contributed by atoms with E-state index in [4.69, 9.17) is 0 Å². The third-order valence-corrected chi connectivity index (χ3v) is 3.48. The second-order valence-electron chi connectivity index (χ2n) is 5.57. The van der Waals surface area contributed by atoms with Gasteiger partial charge in [0.1, 0.15) is 0 Å². The minimum absolute atomic E-state index is 0.0186. The normalized spacial score (nSPS) is 30.9. The van der Waals surface area contributed by atoms with E-state index in [0.717, 1.165) is 13.1 Å². The summed E-state index contributed by atoms with van der Waals surface area (Å²) in [5.74, 6) is 0. The van der Waals surface area contributed by atoms with Crippen molar-refractivity contribution in [3.8, 4) is 0 Å². The number of piperazine rings is 1. The molecule has 2 amide bonds. The number of rotatable bonds is 1. The molecule has 0 spiro atoms. The smallest absolute Gasteiger partial charge is 0.320 e. The molecule has 2 N–H and O–H groups in total. The Bertz CT molecular complexity index is 287. The predicted molar refractivity (Wildman–Crippen MR) is 61.2 cm³/mol. The number of aliphatic hydroxyl groups is 1. The van der Waals surface area contributed by atoms with Gasteiger partial charge < -0.3 is 20.2 Å². The third-order valence-electron chi connectivity index (χ3n) is 3.48. The Morgan fingerprint density at radius 2 is 2.19 bits per heavy atom. The molecule has 2 fully saturated rings. The highest BCUT2D eigenvalue weighted by Crippen LogP contribution is 2.27. The molecule has 0 aromatic heterocycles. The standard InChI is InChI=1S/C11H21N3O2/c1-11(2,3)14-6-9-8(7-15)12-4-5-13(9)10(14)16/h8-9,12,15H,4-7H2,1-3H3/t8-,9-/m1/s1. The Labute approximate surface area is 96.4 Å². The van der Waals surface area contributed by atoms with Gasteiger partial charge in [-0.3, -0.25) is 0 Å². The number of nitrogens with zero attached hydrogens (tertiary/aromatic N) is 2. The van der Waals surface area contributed by atoms with Crippen LogP contribution in [0.25, 0.3) is 0 Å². The van der Waals surface area contributed by atoms with Crippen LogP contribution in [-0.2, 0) is 0 Å². The summed E-state index contributed by atoms with van der Waals surface area (Å²) in [6.45, 7) is 8.45. The van der Waals surface area contributed by atoms with E-state index < -0.39 is 0 Å². The van der Waals surface area contributed by atoms with E-state index in [0.29, 0.717) is 6.54 Å². The summed E-state index contributed by atoms with van der Waals surface area (Å²) in [6.07, 6.45) is 0. The molecule has 5 nitrogen and oxygen atoms in total. The minimum atomic E-state index is -0.144. The first-order valence-electron chi connectivity index (χ1n) is 5.87. The van der Waals surface area contributed by atoms with Crippen molar-refractivity contribution in [1.29, 1.82) is 0 Å². The topological polar surface area (TPSA) is 55.8 Å². The Morgan fingerprint density at radius 3 is 2.75 bits per heavy atom. The lowest BCUT2D eigenvalue weighted by Gasteiger charge is -2.35. The molecule has 2 atom stereocenters. The molecule has 0 bridgehead atoms. The summed E-state index contributed by atoms with van der Waals surface area (Å²) in [7, 11) is 0. The molecule has 0 aromatic carbocycles. The maximum atomic E-state index is 12.2. The second-order valence-corrected chi connectivity index (χ2v) is 5.57. The average molecular weight is 227 g/mol. The molecule has 0 saturated carbocycles. The molecule has 2 rings (SSSR count). The summed E-state index contributed by atoms with van der Waals surface area (Å²) in [4.78, 5) is 16.0. The van der Waals surface area contributed by atoms with Gasteiger partial charge in [0.05, 0.1) is 18.7 Å². The maximum Gasteiger partial charge on any atom is 0.320 e. The van der Waals surface area contributed by atoms with Crippen LogP contribution in [0.3, 0.4) is 0 Å². The van der Waals surface area contributed by atoms with Gasteiger partial charge in [-0.2, -0.15) is 0 Å². The highest BCUT2D eigenvalue weighted by Gasteiger charge is 2.46. The van der Waals surface area contributed by atoms with E-state index >= 15 is 0 Å². The minimum Gasteiger partial charge on any atom is -0.395 e. The number of nitrogens with one attached hydrogen (secondary N) is 1. The number of hydrogen-bond acceptors (Lipinski definition) is 3. The number of fused-ring (bicyclic) bond motifs is 1. The first-order valence-corrected chi connectivity index (χ1v) is 5.87. The molecule has 0 unspecified atom stereocenters. The van der Waals surface area contributed by atoms with Gasteiger partial charge in [-0.15, -0.1) is 0 Å². The molecule has 2 aliphatic rings. The van der Waals surface area contributed by atoms with Crippen LogP contribution in [0.5, 0.6) is 0 Å². The van der Waals surface area contributed by atoms with E-state index in [9.17, 15) is 9.90 Å². The first kappa shape index (κ1) is 11.7. The quantitative estimate of drug-likeness (QED) is 0.655. The summed E-state index contributed by atoms with van der Waals surface area (Å²) in [6, 6.07) is 0.243. The Morgan fingerprint density at radius 1 is 1.50 bits per heavy atom. The molecule has 2 heterocycles. The largest absolute Gasteiger partial charge is 0.395 e. The van der Waals surface area contributed by atoms with Crippen molar-refractivity contribution >= 4 is 6.03 Å². The van der Waals surface area contributed by atoms with Crippen molar-refractivity contribution < 1.29 is 9.90 Å². The van der Waals surface area contributed by atoms with Crippen LogP contribution in [0.1, 0.15) is 20.8 Å². The Hall–Kier alpha value is -0.810. The van der Waals surface area contributed by atoms with Gasteiger partial charge in [0.15, 0.2) is 0 Å². The van der Waals surface area contributed by atoms with Gasteiger partial charge in [-0.25, -0.2) is 4.79 Å². The predicted octanol–water partition coefficient (Wildman–Crippen LogP) is -0.145. The van der Waals surface area contributed by atoms with Crippen molar-refractivity contribution in [3.05, 3.63) is 0 Å². The van der Waals surface area contributed by atoms with Gasteiger partial charge in [-0.1, -0.05) is 0 Å². The Kier molecular flexibility index (Phi) is 2.84. The van der Waals surface area contributed by atoms with Crippen LogP contribution >= 0.6 is 0 Å². The van der Waals surface area contributed by atoms with Crippen molar-refractivity contribution in [2.75, 3.05) is 26.2 Å². The summed E-state index contributed by atoms with van der Waals surface area (Å²) < 4.78 is 0. The van der Waals surface area contributed by atoms with E-state index in [-0.39, 0.29) is 30.3 Å². The molecule has 5 heteroatoms. The number of carbonyl (C=O) groups excluding carboxylic acids is 1. The molecule has 2 saturated heterocycles. The molecular weight excluding hydrogens is 206 g/mol. The van der Waals surface area contributed by atoms with Crippen LogP contribution < -0.4 is 5.32 Å². The number of hydrogen-bond donors (Lipinski definition) is 2. The fourth-order valence-electron chi connectivity index (χ4n) is 2.52. The van der Waals surface area contributed by atoms with E-state index in [1.165, 1.54) is 0 Å². The monoisotopic (exact) mass is 227 g/mol. The maximum absolute atomic E-state index is 12.2. The summed E-state index contributed by atoms with van der Waals surface area (Å²) in [5, 5.41) is 12.6. The molecule has 0 aromatic rings. The zero-order chi connectivity index (χ0) is 11.9. The molecule has 92 valence electrons.